The van der Waals surface area contributed by atoms with E-state index in [1.807, 2.05) is 28.1 Å². The van der Waals surface area contributed by atoms with E-state index in [-0.39, 0.29) is 17.2 Å². The standard InChI is InChI=1S/C18H16N4O3S2/c23-15-4-1-3-14-17(15)22(18(21-14)16-5-2-12-26-16)11-10-20-27(24,25)13-6-8-19-9-7-13/h1-9,12,20,23H,10-11H2. The molecule has 0 aliphatic heterocycles. The Morgan fingerprint density at radius 1 is 1.11 bits per heavy atom. The molecular weight excluding hydrogens is 384 g/mol. The summed E-state index contributed by atoms with van der Waals surface area (Å²) in [5.74, 6) is 0.810. The highest BCUT2D eigenvalue weighted by molar-refractivity contribution is 7.89. The second-order valence-electron chi connectivity index (χ2n) is 5.79. The lowest BCUT2D eigenvalue weighted by atomic mass is 10.3. The molecule has 138 valence electrons. The van der Waals surface area contributed by atoms with Gasteiger partial charge in [0.05, 0.1) is 15.3 Å². The van der Waals surface area contributed by atoms with Gasteiger partial charge in [-0.2, -0.15) is 0 Å². The van der Waals surface area contributed by atoms with E-state index in [1.165, 1.54) is 35.9 Å². The molecule has 0 saturated carbocycles. The molecule has 3 aromatic heterocycles. The topological polar surface area (TPSA) is 97.1 Å². The van der Waals surface area contributed by atoms with Crippen molar-refractivity contribution in [1.82, 2.24) is 19.3 Å². The Morgan fingerprint density at radius 3 is 2.67 bits per heavy atom. The van der Waals surface area contributed by atoms with Crippen LogP contribution in [0.4, 0.5) is 0 Å². The quantitative estimate of drug-likeness (QED) is 0.519. The number of hydrogen-bond donors (Lipinski definition) is 2. The van der Waals surface area contributed by atoms with Crippen molar-refractivity contribution in [2.24, 2.45) is 0 Å². The van der Waals surface area contributed by atoms with Crippen LogP contribution in [0.5, 0.6) is 5.75 Å². The molecule has 2 N–H and O–H groups in total. The van der Waals surface area contributed by atoms with Crippen molar-refractivity contribution in [3.8, 4) is 16.5 Å². The van der Waals surface area contributed by atoms with Crippen molar-refractivity contribution in [3.63, 3.8) is 0 Å². The maximum atomic E-state index is 12.4. The molecule has 4 aromatic rings. The van der Waals surface area contributed by atoms with Crippen LogP contribution in [0, 0.1) is 0 Å². The number of imidazole rings is 1. The summed E-state index contributed by atoms with van der Waals surface area (Å²) >= 11 is 1.54. The molecule has 7 nitrogen and oxygen atoms in total. The van der Waals surface area contributed by atoms with Gasteiger partial charge < -0.3 is 9.67 Å². The summed E-state index contributed by atoms with van der Waals surface area (Å²) in [5, 5.41) is 12.2. The number of hydrogen-bond acceptors (Lipinski definition) is 6. The number of rotatable bonds is 6. The lowest BCUT2D eigenvalue weighted by Crippen LogP contribution is -2.27. The van der Waals surface area contributed by atoms with Crippen LogP contribution in [-0.4, -0.2) is 34.6 Å². The summed E-state index contributed by atoms with van der Waals surface area (Å²) in [7, 11) is -3.63. The van der Waals surface area contributed by atoms with E-state index in [4.69, 9.17) is 0 Å². The molecule has 0 unspecified atom stereocenters. The average Bonchev–Trinajstić information content (AvgIpc) is 3.31. The Kier molecular flexibility index (Phi) is 4.65. The van der Waals surface area contributed by atoms with Gasteiger partial charge in [-0.3, -0.25) is 4.98 Å². The van der Waals surface area contributed by atoms with Crippen LogP contribution in [0.1, 0.15) is 0 Å². The highest BCUT2D eigenvalue weighted by atomic mass is 32.2. The fourth-order valence-corrected chi connectivity index (χ4v) is 4.60. The van der Waals surface area contributed by atoms with Crippen LogP contribution in [0.15, 0.2) is 65.1 Å². The fraction of sp³-hybridized carbons (Fsp3) is 0.111. The zero-order valence-corrected chi connectivity index (χ0v) is 15.7. The van der Waals surface area contributed by atoms with Gasteiger partial charge in [0.2, 0.25) is 10.0 Å². The van der Waals surface area contributed by atoms with Crippen LogP contribution in [0.3, 0.4) is 0 Å². The monoisotopic (exact) mass is 400 g/mol. The zero-order valence-electron chi connectivity index (χ0n) is 14.1. The first-order valence-corrected chi connectivity index (χ1v) is 10.5. The molecule has 0 bridgehead atoms. The van der Waals surface area contributed by atoms with Crippen molar-refractivity contribution >= 4 is 32.4 Å². The number of aromatic hydroxyl groups is 1. The Labute approximate surface area is 160 Å². The molecule has 0 atom stereocenters. The summed E-state index contributed by atoms with van der Waals surface area (Å²) < 4.78 is 29.2. The van der Waals surface area contributed by atoms with Gasteiger partial charge in [0, 0.05) is 25.5 Å². The zero-order chi connectivity index (χ0) is 18.9. The third kappa shape index (κ3) is 3.44. The van der Waals surface area contributed by atoms with Crippen molar-refractivity contribution in [3.05, 3.63) is 60.2 Å². The van der Waals surface area contributed by atoms with E-state index in [0.29, 0.717) is 23.4 Å². The first kappa shape index (κ1) is 17.7. The Bertz CT molecular complexity index is 1170. The minimum atomic E-state index is -3.63. The van der Waals surface area contributed by atoms with E-state index in [0.717, 1.165) is 4.88 Å². The molecule has 0 spiro atoms. The number of fused-ring (bicyclic) bond motifs is 1. The van der Waals surface area contributed by atoms with Crippen molar-refractivity contribution in [2.75, 3.05) is 6.54 Å². The number of nitrogens with one attached hydrogen (secondary N) is 1. The van der Waals surface area contributed by atoms with Crippen LogP contribution in [-0.2, 0) is 16.6 Å². The van der Waals surface area contributed by atoms with Gasteiger partial charge in [-0.1, -0.05) is 12.1 Å². The van der Waals surface area contributed by atoms with Gasteiger partial charge in [-0.25, -0.2) is 18.1 Å². The van der Waals surface area contributed by atoms with E-state index < -0.39 is 10.0 Å². The molecular formula is C18H16N4O3S2. The molecule has 0 radical (unpaired) electrons. The second kappa shape index (κ2) is 7.10. The van der Waals surface area contributed by atoms with Gasteiger partial charge in [0.15, 0.2) is 5.82 Å². The predicted molar refractivity (Wildman–Crippen MR) is 104 cm³/mol. The minimum Gasteiger partial charge on any atom is -0.506 e. The second-order valence-corrected chi connectivity index (χ2v) is 8.50. The van der Waals surface area contributed by atoms with Gasteiger partial charge in [-0.15, -0.1) is 11.3 Å². The first-order valence-electron chi connectivity index (χ1n) is 8.18. The van der Waals surface area contributed by atoms with Crippen molar-refractivity contribution in [2.45, 2.75) is 11.4 Å². The summed E-state index contributed by atoms with van der Waals surface area (Å²) in [4.78, 5) is 9.56. The highest BCUT2D eigenvalue weighted by Gasteiger charge is 2.18. The molecule has 0 saturated heterocycles. The number of phenols is 1. The molecule has 3 heterocycles. The minimum absolute atomic E-state index is 0.111. The molecule has 4 rings (SSSR count). The third-order valence-corrected chi connectivity index (χ3v) is 6.42. The summed E-state index contributed by atoms with van der Waals surface area (Å²) in [5.41, 5.74) is 1.25. The van der Waals surface area contributed by atoms with Crippen LogP contribution >= 0.6 is 11.3 Å². The highest BCUT2D eigenvalue weighted by Crippen LogP contribution is 2.32. The SMILES string of the molecule is O=S(=O)(NCCn1c(-c2cccs2)nc2cccc(O)c21)c1ccncc1. The number of nitrogens with zero attached hydrogens (tertiary/aromatic N) is 3. The third-order valence-electron chi connectivity index (χ3n) is 4.07. The lowest BCUT2D eigenvalue weighted by Gasteiger charge is -2.11. The van der Waals surface area contributed by atoms with Gasteiger partial charge in [-0.05, 0) is 35.7 Å². The number of benzene rings is 1. The lowest BCUT2D eigenvalue weighted by molar-refractivity contribution is 0.477. The molecule has 0 aliphatic carbocycles. The Hall–Kier alpha value is -2.75. The largest absolute Gasteiger partial charge is 0.506 e. The maximum Gasteiger partial charge on any atom is 0.240 e. The smallest absolute Gasteiger partial charge is 0.240 e. The maximum absolute atomic E-state index is 12.4. The average molecular weight is 400 g/mol. The molecule has 9 heteroatoms. The van der Waals surface area contributed by atoms with Crippen LogP contribution in [0.25, 0.3) is 21.7 Å². The fourth-order valence-electron chi connectivity index (χ4n) is 2.87. The van der Waals surface area contributed by atoms with Crippen molar-refractivity contribution in [1.29, 1.82) is 0 Å². The summed E-state index contributed by atoms with van der Waals surface area (Å²) in [6.45, 7) is 0.481. The first-order chi connectivity index (χ1) is 13.1. The van der Waals surface area contributed by atoms with Crippen molar-refractivity contribution < 1.29 is 13.5 Å². The number of aromatic nitrogens is 3. The van der Waals surface area contributed by atoms with E-state index in [2.05, 4.69) is 14.7 Å². The molecule has 0 fully saturated rings. The summed E-state index contributed by atoms with van der Waals surface area (Å²) in [6, 6.07) is 11.9. The number of sulfonamides is 1. The van der Waals surface area contributed by atoms with E-state index in [9.17, 15) is 13.5 Å². The van der Waals surface area contributed by atoms with Gasteiger partial charge in [0.1, 0.15) is 11.3 Å². The predicted octanol–water partition coefficient (Wildman–Crippen LogP) is 2.84. The normalized spacial score (nSPS) is 11.9. The Balaban J connectivity index is 1.65. The summed E-state index contributed by atoms with van der Waals surface area (Å²) in [6.07, 6.45) is 2.87. The molecule has 27 heavy (non-hydrogen) atoms. The molecule has 0 amide bonds. The number of thiophene rings is 1. The van der Waals surface area contributed by atoms with E-state index in [1.54, 1.807) is 12.1 Å². The number of para-hydroxylation sites is 1. The van der Waals surface area contributed by atoms with Gasteiger partial charge >= 0.3 is 0 Å². The van der Waals surface area contributed by atoms with Crippen LogP contribution < -0.4 is 4.72 Å². The molecule has 0 aliphatic rings. The Morgan fingerprint density at radius 2 is 1.93 bits per heavy atom. The van der Waals surface area contributed by atoms with Crippen LogP contribution in [0.2, 0.25) is 0 Å². The number of pyridine rings is 1. The molecule has 1 aromatic carbocycles. The van der Waals surface area contributed by atoms with Gasteiger partial charge in [0.25, 0.3) is 0 Å². The van der Waals surface area contributed by atoms with E-state index >= 15 is 0 Å². The number of phenolic OH excluding ortho intramolecular Hbond substituents is 1.